The Morgan fingerprint density at radius 3 is 2.40 bits per heavy atom. The summed E-state index contributed by atoms with van der Waals surface area (Å²) >= 11 is 0. The molecule has 35 heavy (non-hydrogen) atoms. The number of phenols is 1. The third-order valence-corrected chi connectivity index (χ3v) is 5.67. The number of aromatic nitrogens is 2. The Labute approximate surface area is 197 Å². The minimum atomic E-state index is -4.39. The number of aromatic amines is 1. The molecule has 0 fully saturated rings. The van der Waals surface area contributed by atoms with Crippen LogP contribution in [-0.4, -0.2) is 34.0 Å². The first-order valence-corrected chi connectivity index (χ1v) is 11.1. The van der Waals surface area contributed by atoms with E-state index in [1.807, 2.05) is 0 Å². The fourth-order valence-corrected chi connectivity index (χ4v) is 3.65. The van der Waals surface area contributed by atoms with Crippen LogP contribution in [0.25, 0.3) is 10.8 Å². The molecule has 0 saturated heterocycles. The summed E-state index contributed by atoms with van der Waals surface area (Å²) in [5.74, 6) is -1.36. The number of benzene rings is 3. The second-order valence-electron chi connectivity index (χ2n) is 7.00. The SMILES string of the molecule is N#Cc1nc(/N=N/c2c(O)c(C(=O)Nc3ccc(S(=O)(=O)O)cc3)cc3ccccc23)[nH]c1C#N. The molecule has 1 amide bonds. The van der Waals surface area contributed by atoms with E-state index >= 15 is 0 Å². The number of fused-ring (bicyclic) bond motifs is 1. The summed E-state index contributed by atoms with van der Waals surface area (Å²) in [5, 5.41) is 40.3. The maximum atomic E-state index is 12.9. The van der Waals surface area contributed by atoms with E-state index in [2.05, 4.69) is 25.5 Å². The molecule has 0 radical (unpaired) electrons. The van der Waals surface area contributed by atoms with Gasteiger partial charge in [-0.15, -0.1) is 10.2 Å². The Morgan fingerprint density at radius 1 is 1.06 bits per heavy atom. The number of H-pyrrole nitrogens is 1. The van der Waals surface area contributed by atoms with E-state index in [1.54, 1.807) is 36.4 Å². The summed E-state index contributed by atoms with van der Waals surface area (Å²) in [6.07, 6.45) is 0. The number of carbonyl (C=O) groups excluding carboxylic acids is 1. The van der Waals surface area contributed by atoms with Crippen molar-refractivity contribution in [2.45, 2.75) is 4.90 Å². The van der Waals surface area contributed by atoms with Gasteiger partial charge in [0.1, 0.15) is 17.8 Å². The van der Waals surface area contributed by atoms with Crippen LogP contribution in [0.3, 0.4) is 0 Å². The molecule has 0 saturated carbocycles. The van der Waals surface area contributed by atoms with Gasteiger partial charge in [-0.2, -0.15) is 23.9 Å². The quantitative estimate of drug-likeness (QED) is 0.239. The first-order valence-electron chi connectivity index (χ1n) is 9.67. The zero-order chi connectivity index (χ0) is 25.2. The standard InChI is InChI=1S/C22H13N7O5S/c23-10-17-18(11-24)27-22(26-17)29-28-19-15-4-2-1-3-12(15)9-16(20(19)30)21(31)25-13-5-7-14(8-6-13)35(32,33)34/h1-9,30H,(H,25,31)(H,26,27)(H,32,33,34)/b29-28+. The van der Waals surface area contributed by atoms with Gasteiger partial charge in [0, 0.05) is 11.1 Å². The van der Waals surface area contributed by atoms with Crippen molar-refractivity contribution >= 4 is 44.1 Å². The highest BCUT2D eigenvalue weighted by Gasteiger charge is 2.19. The molecule has 4 N–H and O–H groups in total. The Bertz CT molecular complexity index is 1660. The summed E-state index contributed by atoms with van der Waals surface area (Å²) in [7, 11) is -4.39. The summed E-state index contributed by atoms with van der Waals surface area (Å²) in [5.41, 5.74) is -0.246. The van der Waals surface area contributed by atoms with Crippen molar-refractivity contribution in [2.24, 2.45) is 10.2 Å². The van der Waals surface area contributed by atoms with E-state index in [0.29, 0.717) is 10.8 Å². The maximum absolute atomic E-state index is 12.9. The molecule has 12 nitrogen and oxygen atoms in total. The summed E-state index contributed by atoms with van der Waals surface area (Å²) in [6.45, 7) is 0. The van der Waals surface area contributed by atoms with Crippen molar-refractivity contribution in [3.63, 3.8) is 0 Å². The van der Waals surface area contributed by atoms with Crippen molar-refractivity contribution in [1.82, 2.24) is 9.97 Å². The number of hydrogen-bond donors (Lipinski definition) is 4. The number of nitrogens with one attached hydrogen (secondary N) is 2. The van der Waals surface area contributed by atoms with Crippen molar-refractivity contribution in [2.75, 3.05) is 5.32 Å². The van der Waals surface area contributed by atoms with Gasteiger partial charge in [0.25, 0.3) is 16.0 Å². The molecule has 0 aliphatic rings. The molecule has 4 aromatic rings. The topological polar surface area (TPSA) is 205 Å². The number of nitriles is 2. The number of amides is 1. The number of aromatic hydroxyl groups is 1. The second kappa shape index (κ2) is 9.03. The first-order chi connectivity index (χ1) is 16.7. The van der Waals surface area contributed by atoms with Crippen LogP contribution in [0.2, 0.25) is 0 Å². The first kappa shape index (κ1) is 23.1. The summed E-state index contributed by atoms with van der Waals surface area (Å²) in [4.78, 5) is 18.9. The number of nitrogens with zero attached hydrogens (tertiary/aromatic N) is 5. The Balaban J connectivity index is 1.73. The summed E-state index contributed by atoms with van der Waals surface area (Å²) in [6, 6.07) is 16.5. The van der Waals surface area contributed by atoms with Gasteiger partial charge in [0.05, 0.1) is 10.5 Å². The van der Waals surface area contributed by atoms with Crippen LogP contribution in [-0.2, 0) is 10.1 Å². The molecule has 1 heterocycles. The van der Waals surface area contributed by atoms with Crippen molar-refractivity contribution in [3.8, 4) is 17.9 Å². The predicted octanol–water partition coefficient (Wildman–Crippen LogP) is 3.93. The van der Waals surface area contributed by atoms with Gasteiger partial charge < -0.3 is 15.4 Å². The lowest BCUT2D eigenvalue weighted by molar-refractivity contribution is 0.102. The van der Waals surface area contributed by atoms with E-state index in [4.69, 9.17) is 15.1 Å². The number of imidazole rings is 1. The van der Waals surface area contributed by atoms with Crippen molar-refractivity contribution in [3.05, 3.63) is 71.5 Å². The highest BCUT2D eigenvalue weighted by Crippen LogP contribution is 2.39. The number of rotatable bonds is 5. The van der Waals surface area contributed by atoms with Crippen LogP contribution < -0.4 is 5.32 Å². The lowest BCUT2D eigenvalue weighted by Crippen LogP contribution is -2.12. The monoisotopic (exact) mass is 487 g/mol. The number of anilines is 1. The number of carbonyl (C=O) groups is 1. The Kier molecular flexibility index (Phi) is 5.95. The number of azo groups is 1. The van der Waals surface area contributed by atoms with E-state index in [9.17, 15) is 18.3 Å². The van der Waals surface area contributed by atoms with Crippen LogP contribution >= 0.6 is 0 Å². The van der Waals surface area contributed by atoms with Gasteiger partial charge in [-0.3, -0.25) is 9.35 Å². The molecular weight excluding hydrogens is 474 g/mol. The molecule has 0 atom stereocenters. The molecule has 4 rings (SSSR count). The van der Waals surface area contributed by atoms with Gasteiger partial charge in [-0.25, -0.2) is 0 Å². The van der Waals surface area contributed by atoms with E-state index < -0.39 is 21.8 Å². The van der Waals surface area contributed by atoms with Crippen LogP contribution in [0.15, 0.2) is 69.7 Å². The lowest BCUT2D eigenvalue weighted by atomic mass is 10.0. The molecule has 0 spiro atoms. The fourth-order valence-electron chi connectivity index (χ4n) is 3.17. The van der Waals surface area contributed by atoms with E-state index in [-0.39, 0.29) is 39.2 Å². The van der Waals surface area contributed by atoms with Gasteiger partial charge in [-0.1, -0.05) is 24.3 Å². The summed E-state index contributed by atoms with van der Waals surface area (Å²) < 4.78 is 31.5. The second-order valence-corrected chi connectivity index (χ2v) is 8.43. The third-order valence-electron chi connectivity index (χ3n) is 4.80. The third kappa shape index (κ3) is 4.67. The molecule has 3 aromatic carbocycles. The van der Waals surface area contributed by atoms with Gasteiger partial charge in [0.2, 0.25) is 5.95 Å². The van der Waals surface area contributed by atoms with Gasteiger partial charge in [-0.05, 0) is 35.7 Å². The molecule has 1 aromatic heterocycles. The Morgan fingerprint density at radius 2 is 1.77 bits per heavy atom. The number of hydrogen-bond acceptors (Lipinski definition) is 9. The van der Waals surface area contributed by atoms with E-state index in [0.717, 1.165) is 12.1 Å². The van der Waals surface area contributed by atoms with Crippen molar-refractivity contribution < 1.29 is 22.9 Å². The normalized spacial score (nSPS) is 11.3. The molecular formula is C22H13N7O5S. The minimum absolute atomic E-state index is 0.0524. The van der Waals surface area contributed by atoms with Crippen LogP contribution in [0.4, 0.5) is 17.3 Å². The molecule has 0 bridgehead atoms. The van der Waals surface area contributed by atoms with Gasteiger partial charge in [0.15, 0.2) is 17.1 Å². The zero-order valence-corrected chi connectivity index (χ0v) is 18.3. The average Bonchev–Trinajstić information content (AvgIpc) is 3.25. The molecule has 172 valence electrons. The van der Waals surface area contributed by atoms with Crippen molar-refractivity contribution in [1.29, 1.82) is 10.5 Å². The molecule has 0 unspecified atom stereocenters. The van der Waals surface area contributed by atoms with Crippen LogP contribution in [0.1, 0.15) is 21.7 Å². The van der Waals surface area contributed by atoms with Gasteiger partial charge >= 0.3 is 0 Å². The molecule has 0 aliphatic carbocycles. The minimum Gasteiger partial charge on any atom is -0.505 e. The smallest absolute Gasteiger partial charge is 0.294 e. The largest absolute Gasteiger partial charge is 0.505 e. The molecule has 13 heteroatoms. The fraction of sp³-hybridized carbons (Fsp3) is 0. The zero-order valence-electron chi connectivity index (χ0n) is 17.5. The lowest BCUT2D eigenvalue weighted by Gasteiger charge is -2.11. The highest BCUT2D eigenvalue weighted by atomic mass is 32.2. The van der Waals surface area contributed by atoms with Crippen LogP contribution in [0.5, 0.6) is 5.75 Å². The van der Waals surface area contributed by atoms with Crippen LogP contribution in [0, 0.1) is 22.7 Å². The average molecular weight is 487 g/mol. The highest BCUT2D eigenvalue weighted by molar-refractivity contribution is 7.85. The Hall–Kier alpha value is -5.11. The number of phenolic OH excluding ortho intramolecular Hbond substituents is 1. The predicted molar refractivity (Wildman–Crippen MR) is 122 cm³/mol. The van der Waals surface area contributed by atoms with E-state index in [1.165, 1.54) is 18.2 Å². The maximum Gasteiger partial charge on any atom is 0.294 e. The molecule has 0 aliphatic heterocycles.